The zero-order chi connectivity index (χ0) is 12.4. The summed E-state index contributed by atoms with van der Waals surface area (Å²) in [6, 6.07) is -0.356. The summed E-state index contributed by atoms with van der Waals surface area (Å²) in [4.78, 5) is 13.8. The molecule has 0 radical (unpaired) electrons. The van der Waals surface area contributed by atoms with Gasteiger partial charge in [0.25, 0.3) is 0 Å². The maximum absolute atomic E-state index is 11.7. The quantitative estimate of drug-likeness (QED) is 0.719. The van der Waals surface area contributed by atoms with Crippen LogP contribution < -0.4 is 11.1 Å². The number of amides is 1. The summed E-state index contributed by atoms with van der Waals surface area (Å²) in [5.41, 5.74) is 7.33. The number of nitrogens with two attached hydrogens (primary N) is 1. The van der Waals surface area contributed by atoms with Gasteiger partial charge in [-0.25, -0.2) is 0 Å². The van der Waals surface area contributed by atoms with Crippen molar-refractivity contribution in [1.82, 2.24) is 20.0 Å². The maximum Gasteiger partial charge on any atom is 0.239 e. The molecule has 0 saturated carbocycles. The first-order chi connectivity index (χ1) is 8.09. The normalized spacial score (nSPS) is 19.2. The van der Waals surface area contributed by atoms with Gasteiger partial charge in [0.15, 0.2) is 0 Å². The van der Waals surface area contributed by atoms with Crippen molar-refractivity contribution in [2.45, 2.75) is 13.0 Å². The Morgan fingerprint density at radius 1 is 1.53 bits per heavy atom. The van der Waals surface area contributed by atoms with Crippen LogP contribution in [0.3, 0.4) is 0 Å². The van der Waals surface area contributed by atoms with Gasteiger partial charge in [-0.1, -0.05) is 0 Å². The number of aryl methyl sites for hydroxylation is 2. The van der Waals surface area contributed by atoms with Crippen LogP contribution in [0, 0.1) is 6.92 Å². The predicted molar refractivity (Wildman–Crippen MR) is 64.3 cm³/mol. The second kappa shape index (κ2) is 4.85. The monoisotopic (exact) mass is 237 g/mol. The summed E-state index contributed by atoms with van der Waals surface area (Å²) >= 11 is 0. The van der Waals surface area contributed by atoms with Crippen molar-refractivity contribution in [3.05, 3.63) is 17.5 Å². The van der Waals surface area contributed by atoms with Gasteiger partial charge in [0, 0.05) is 45.0 Å². The van der Waals surface area contributed by atoms with Crippen molar-refractivity contribution in [3.63, 3.8) is 0 Å². The van der Waals surface area contributed by atoms with E-state index in [-0.39, 0.29) is 11.9 Å². The van der Waals surface area contributed by atoms with Crippen molar-refractivity contribution < 1.29 is 4.79 Å². The standard InChI is InChI=1S/C11H19N5O/c1-8-9(7-15(2)14-8)10(11(12)17)16-5-3-13-4-6-16/h7,10,13H,3-6H2,1-2H3,(H2,12,17). The first-order valence-electron chi connectivity index (χ1n) is 5.84. The smallest absolute Gasteiger partial charge is 0.239 e. The van der Waals surface area contributed by atoms with Crippen LogP contribution in [0.5, 0.6) is 0 Å². The first-order valence-corrected chi connectivity index (χ1v) is 5.84. The zero-order valence-electron chi connectivity index (χ0n) is 10.3. The number of hydrogen-bond donors (Lipinski definition) is 2. The topological polar surface area (TPSA) is 76.2 Å². The van der Waals surface area contributed by atoms with Gasteiger partial charge in [0.2, 0.25) is 5.91 Å². The fourth-order valence-electron chi connectivity index (χ4n) is 2.36. The third-order valence-corrected chi connectivity index (χ3v) is 3.13. The number of nitrogens with one attached hydrogen (secondary N) is 1. The van der Waals surface area contributed by atoms with E-state index >= 15 is 0 Å². The van der Waals surface area contributed by atoms with E-state index in [4.69, 9.17) is 5.73 Å². The molecule has 0 bridgehead atoms. The molecule has 0 aromatic carbocycles. The molecule has 2 rings (SSSR count). The third-order valence-electron chi connectivity index (χ3n) is 3.13. The SMILES string of the molecule is Cc1nn(C)cc1C(C(N)=O)N1CCNCC1. The number of hydrogen-bond acceptors (Lipinski definition) is 4. The Bertz CT molecular complexity index is 408. The molecule has 1 unspecified atom stereocenters. The van der Waals surface area contributed by atoms with Crippen LogP contribution in [0.25, 0.3) is 0 Å². The molecule has 1 aliphatic heterocycles. The highest BCUT2D eigenvalue weighted by Gasteiger charge is 2.29. The molecule has 1 amide bonds. The molecule has 0 aliphatic carbocycles. The molecule has 1 aromatic rings. The molecular formula is C11H19N5O. The summed E-state index contributed by atoms with van der Waals surface area (Å²) in [7, 11) is 1.85. The largest absolute Gasteiger partial charge is 0.368 e. The lowest BCUT2D eigenvalue weighted by atomic mass is 10.1. The van der Waals surface area contributed by atoms with Crippen molar-refractivity contribution in [1.29, 1.82) is 0 Å². The van der Waals surface area contributed by atoms with Crippen LogP contribution in [0.4, 0.5) is 0 Å². The summed E-state index contributed by atoms with van der Waals surface area (Å²) in [6.07, 6.45) is 1.88. The fraction of sp³-hybridized carbons (Fsp3) is 0.636. The Morgan fingerprint density at radius 2 is 2.18 bits per heavy atom. The maximum atomic E-state index is 11.7. The van der Waals surface area contributed by atoms with E-state index in [9.17, 15) is 4.79 Å². The summed E-state index contributed by atoms with van der Waals surface area (Å²) in [5.74, 6) is -0.303. The Labute approximate surface area is 101 Å². The Balaban J connectivity index is 2.28. The number of piperazine rings is 1. The van der Waals surface area contributed by atoms with E-state index in [0.717, 1.165) is 37.4 Å². The highest BCUT2D eigenvalue weighted by Crippen LogP contribution is 2.23. The van der Waals surface area contributed by atoms with E-state index in [1.165, 1.54) is 0 Å². The van der Waals surface area contributed by atoms with Crippen LogP contribution in [0.2, 0.25) is 0 Å². The lowest BCUT2D eigenvalue weighted by Crippen LogP contribution is -2.48. The molecule has 1 aliphatic rings. The summed E-state index contributed by atoms with van der Waals surface area (Å²) < 4.78 is 1.73. The van der Waals surface area contributed by atoms with Gasteiger partial charge in [-0.2, -0.15) is 5.10 Å². The molecule has 6 heteroatoms. The van der Waals surface area contributed by atoms with Crippen molar-refractivity contribution in [2.75, 3.05) is 26.2 Å². The first kappa shape index (κ1) is 12.1. The average molecular weight is 237 g/mol. The molecule has 17 heavy (non-hydrogen) atoms. The van der Waals surface area contributed by atoms with Gasteiger partial charge in [0.1, 0.15) is 6.04 Å². The van der Waals surface area contributed by atoms with Crippen LogP contribution in [-0.2, 0) is 11.8 Å². The molecule has 1 fully saturated rings. The number of carbonyl (C=O) groups is 1. The van der Waals surface area contributed by atoms with Crippen molar-refractivity contribution in [3.8, 4) is 0 Å². The minimum absolute atomic E-state index is 0.303. The second-order valence-corrected chi connectivity index (χ2v) is 4.43. The highest BCUT2D eigenvalue weighted by molar-refractivity contribution is 5.81. The molecule has 2 heterocycles. The molecule has 0 spiro atoms. The van der Waals surface area contributed by atoms with Gasteiger partial charge >= 0.3 is 0 Å². The minimum atomic E-state index is -0.356. The number of primary amides is 1. The Morgan fingerprint density at radius 3 is 2.65 bits per heavy atom. The molecule has 1 saturated heterocycles. The van der Waals surface area contributed by atoms with E-state index < -0.39 is 0 Å². The Kier molecular flexibility index (Phi) is 3.44. The lowest BCUT2D eigenvalue weighted by molar-refractivity contribution is -0.123. The fourth-order valence-corrected chi connectivity index (χ4v) is 2.36. The van der Waals surface area contributed by atoms with Crippen LogP contribution in [0.15, 0.2) is 6.20 Å². The number of rotatable bonds is 3. The summed E-state index contributed by atoms with van der Waals surface area (Å²) in [6.45, 7) is 5.36. The van der Waals surface area contributed by atoms with E-state index in [2.05, 4.69) is 15.3 Å². The van der Waals surface area contributed by atoms with Crippen molar-refractivity contribution >= 4 is 5.91 Å². The lowest BCUT2D eigenvalue weighted by Gasteiger charge is -2.32. The molecule has 6 nitrogen and oxygen atoms in total. The molecular weight excluding hydrogens is 218 g/mol. The van der Waals surface area contributed by atoms with Gasteiger partial charge in [-0.15, -0.1) is 0 Å². The van der Waals surface area contributed by atoms with E-state index in [1.807, 2.05) is 20.2 Å². The van der Waals surface area contributed by atoms with Gasteiger partial charge < -0.3 is 11.1 Å². The predicted octanol–water partition coefficient (Wildman–Crippen LogP) is -0.840. The highest BCUT2D eigenvalue weighted by atomic mass is 16.1. The molecule has 94 valence electrons. The minimum Gasteiger partial charge on any atom is -0.368 e. The van der Waals surface area contributed by atoms with E-state index in [0.29, 0.717) is 0 Å². The van der Waals surface area contributed by atoms with Gasteiger partial charge in [-0.05, 0) is 6.92 Å². The number of aromatic nitrogens is 2. The van der Waals surface area contributed by atoms with Crippen LogP contribution >= 0.6 is 0 Å². The average Bonchev–Trinajstić information content (AvgIpc) is 2.59. The van der Waals surface area contributed by atoms with Gasteiger partial charge in [-0.3, -0.25) is 14.4 Å². The van der Waals surface area contributed by atoms with Gasteiger partial charge in [0.05, 0.1) is 5.69 Å². The zero-order valence-corrected chi connectivity index (χ0v) is 10.3. The van der Waals surface area contributed by atoms with Crippen molar-refractivity contribution in [2.24, 2.45) is 12.8 Å². The number of carbonyl (C=O) groups excluding carboxylic acids is 1. The number of nitrogens with zero attached hydrogens (tertiary/aromatic N) is 3. The summed E-state index contributed by atoms with van der Waals surface area (Å²) in [5, 5.41) is 7.54. The molecule has 1 aromatic heterocycles. The molecule has 3 N–H and O–H groups in total. The third kappa shape index (κ3) is 2.48. The van der Waals surface area contributed by atoms with Crippen LogP contribution in [-0.4, -0.2) is 46.8 Å². The van der Waals surface area contributed by atoms with E-state index in [1.54, 1.807) is 4.68 Å². The second-order valence-electron chi connectivity index (χ2n) is 4.43. The van der Waals surface area contributed by atoms with Crippen LogP contribution in [0.1, 0.15) is 17.3 Å². The Hall–Kier alpha value is -1.40. The molecule has 1 atom stereocenters.